The number of fused-ring (bicyclic) bond motifs is 7. The zero-order valence-electron chi connectivity index (χ0n) is 34.5. The van der Waals surface area contributed by atoms with E-state index in [4.69, 9.17) is 4.42 Å². The number of allylic oxidation sites excluding steroid dienone is 3. The number of rotatable bonds is 8. The SMILES string of the molecule is C/C=C(\C=C/c1cc2ccccc2o1)c1ccccc1N(c1ccc(-c2cccc3c2c2ccccc2n3-c2ccccc2)cc1)c1ccc2c(c1)C(C)(C)c1ccccc1-2. The Balaban J connectivity index is 1.06. The average molecular weight is 785 g/mol. The van der Waals surface area contributed by atoms with Crippen LogP contribution in [-0.2, 0) is 5.41 Å². The summed E-state index contributed by atoms with van der Waals surface area (Å²) in [5.74, 6) is 0.827. The van der Waals surface area contributed by atoms with Gasteiger partial charge < -0.3 is 13.9 Å². The number of nitrogens with zero attached hydrogens (tertiary/aromatic N) is 2. The summed E-state index contributed by atoms with van der Waals surface area (Å²) in [4.78, 5) is 2.43. The summed E-state index contributed by atoms with van der Waals surface area (Å²) in [6, 6.07) is 70.2. The molecule has 10 aromatic rings. The number of aromatic nitrogens is 1. The van der Waals surface area contributed by atoms with Crippen molar-refractivity contribution in [3.05, 3.63) is 229 Å². The first-order valence-corrected chi connectivity index (χ1v) is 21.1. The molecule has 2 aromatic heterocycles. The second-order valence-electron chi connectivity index (χ2n) is 16.5. The highest BCUT2D eigenvalue weighted by Gasteiger charge is 2.36. The molecule has 2 heterocycles. The largest absolute Gasteiger partial charge is 0.457 e. The molecule has 11 rings (SSSR count). The first-order valence-electron chi connectivity index (χ1n) is 21.1. The zero-order valence-corrected chi connectivity index (χ0v) is 34.5. The molecular formula is C58H44N2O. The lowest BCUT2D eigenvalue weighted by Crippen LogP contribution is -2.17. The number of para-hydroxylation sites is 4. The van der Waals surface area contributed by atoms with Crippen LogP contribution in [0.3, 0.4) is 0 Å². The van der Waals surface area contributed by atoms with E-state index in [9.17, 15) is 0 Å². The average Bonchev–Trinajstić information content (AvgIpc) is 3.96. The van der Waals surface area contributed by atoms with Gasteiger partial charge >= 0.3 is 0 Å². The van der Waals surface area contributed by atoms with Gasteiger partial charge in [-0.2, -0.15) is 0 Å². The standard InChI is InChI=1S/C58H44N2O/c1-4-39(31-35-45-37-41-17-8-15-28-56(41)61-45)46-20-10-13-25-53(46)59(44-34-36-49-48-21-9-12-24-51(48)58(2,3)52(49)38-44)43-32-29-40(30-33-43)47-23-16-27-55-57(47)50-22-11-14-26-54(50)60(55)42-18-6-5-7-19-42/h4-38H,1-3H3/b35-31-,39-4+. The Morgan fingerprint density at radius 1 is 0.574 bits per heavy atom. The van der Waals surface area contributed by atoms with Crippen LogP contribution in [0.4, 0.5) is 17.1 Å². The van der Waals surface area contributed by atoms with Crippen LogP contribution < -0.4 is 4.90 Å². The summed E-state index contributed by atoms with van der Waals surface area (Å²) in [6.45, 7) is 6.81. The van der Waals surface area contributed by atoms with Crippen molar-refractivity contribution in [1.29, 1.82) is 0 Å². The van der Waals surface area contributed by atoms with Crippen LogP contribution in [0.15, 0.2) is 211 Å². The van der Waals surface area contributed by atoms with Gasteiger partial charge in [0.1, 0.15) is 11.3 Å². The van der Waals surface area contributed by atoms with Crippen molar-refractivity contribution in [2.75, 3.05) is 4.90 Å². The van der Waals surface area contributed by atoms with Gasteiger partial charge in [-0.3, -0.25) is 0 Å². The molecule has 0 saturated carbocycles. The smallest absolute Gasteiger partial charge is 0.134 e. The Hall–Kier alpha value is -7.62. The van der Waals surface area contributed by atoms with Crippen LogP contribution in [0.5, 0.6) is 0 Å². The van der Waals surface area contributed by atoms with Crippen LogP contribution >= 0.6 is 0 Å². The van der Waals surface area contributed by atoms with E-state index >= 15 is 0 Å². The number of hydrogen-bond donors (Lipinski definition) is 0. The molecule has 1 aliphatic rings. The molecule has 61 heavy (non-hydrogen) atoms. The first kappa shape index (κ1) is 36.5. The molecule has 0 radical (unpaired) electrons. The van der Waals surface area contributed by atoms with Gasteiger partial charge in [-0.05, 0) is 119 Å². The van der Waals surface area contributed by atoms with E-state index in [1.165, 1.54) is 55.2 Å². The molecule has 8 aromatic carbocycles. The summed E-state index contributed by atoms with van der Waals surface area (Å²) >= 11 is 0. The lowest BCUT2D eigenvalue weighted by atomic mass is 9.82. The lowest BCUT2D eigenvalue weighted by Gasteiger charge is -2.30. The minimum atomic E-state index is -0.140. The fraction of sp³-hybridized carbons (Fsp3) is 0.0690. The van der Waals surface area contributed by atoms with E-state index in [0.29, 0.717) is 0 Å². The number of hydrogen-bond acceptors (Lipinski definition) is 2. The molecule has 3 heteroatoms. The Kier molecular flexibility index (Phi) is 8.72. The van der Waals surface area contributed by atoms with Gasteiger partial charge in [-0.15, -0.1) is 0 Å². The highest BCUT2D eigenvalue weighted by atomic mass is 16.3. The lowest BCUT2D eigenvalue weighted by molar-refractivity contribution is 0.604. The van der Waals surface area contributed by atoms with Crippen molar-refractivity contribution in [3.8, 4) is 27.9 Å². The normalized spacial score (nSPS) is 13.3. The van der Waals surface area contributed by atoms with Gasteiger partial charge in [-0.1, -0.05) is 153 Å². The van der Waals surface area contributed by atoms with Gasteiger partial charge in [0.25, 0.3) is 0 Å². The Morgan fingerprint density at radius 2 is 1.26 bits per heavy atom. The van der Waals surface area contributed by atoms with E-state index in [1.54, 1.807) is 0 Å². The predicted octanol–water partition coefficient (Wildman–Crippen LogP) is 16.1. The highest BCUT2D eigenvalue weighted by molar-refractivity contribution is 6.15. The first-order chi connectivity index (χ1) is 30.0. The predicted molar refractivity (Wildman–Crippen MR) is 257 cm³/mol. The fourth-order valence-electron chi connectivity index (χ4n) is 9.67. The van der Waals surface area contributed by atoms with Crippen LogP contribution in [0.1, 0.15) is 43.2 Å². The van der Waals surface area contributed by atoms with Crippen LogP contribution in [-0.4, -0.2) is 4.57 Å². The minimum absolute atomic E-state index is 0.140. The molecule has 0 saturated heterocycles. The van der Waals surface area contributed by atoms with E-state index in [1.807, 2.05) is 18.2 Å². The monoisotopic (exact) mass is 784 g/mol. The van der Waals surface area contributed by atoms with Crippen molar-refractivity contribution < 1.29 is 4.42 Å². The van der Waals surface area contributed by atoms with Gasteiger partial charge in [-0.25, -0.2) is 0 Å². The molecule has 0 aliphatic heterocycles. The molecular weight excluding hydrogens is 741 g/mol. The second kappa shape index (κ2) is 14.6. The Labute approximate surface area is 356 Å². The number of furan rings is 1. The van der Waals surface area contributed by atoms with Crippen LogP contribution in [0.25, 0.3) is 72.4 Å². The molecule has 0 amide bonds. The maximum Gasteiger partial charge on any atom is 0.134 e. The van der Waals surface area contributed by atoms with E-state index in [0.717, 1.165) is 50.6 Å². The zero-order chi connectivity index (χ0) is 41.1. The summed E-state index contributed by atoms with van der Waals surface area (Å²) in [6.07, 6.45) is 6.44. The molecule has 0 spiro atoms. The summed E-state index contributed by atoms with van der Waals surface area (Å²) in [7, 11) is 0. The summed E-state index contributed by atoms with van der Waals surface area (Å²) < 4.78 is 8.59. The third-order valence-electron chi connectivity index (χ3n) is 12.6. The summed E-state index contributed by atoms with van der Waals surface area (Å²) in [5.41, 5.74) is 17.5. The van der Waals surface area contributed by atoms with E-state index in [2.05, 4.69) is 224 Å². The fourth-order valence-corrected chi connectivity index (χ4v) is 9.67. The molecule has 0 atom stereocenters. The van der Waals surface area contributed by atoms with Crippen LogP contribution in [0.2, 0.25) is 0 Å². The Morgan fingerprint density at radius 3 is 2.11 bits per heavy atom. The molecule has 1 aliphatic carbocycles. The molecule has 0 N–H and O–H groups in total. The Bertz CT molecular complexity index is 3310. The second-order valence-corrected chi connectivity index (χ2v) is 16.5. The van der Waals surface area contributed by atoms with Crippen molar-refractivity contribution >= 4 is 61.5 Å². The van der Waals surface area contributed by atoms with Crippen molar-refractivity contribution in [1.82, 2.24) is 4.57 Å². The molecule has 0 fully saturated rings. The third-order valence-corrected chi connectivity index (χ3v) is 12.6. The minimum Gasteiger partial charge on any atom is -0.457 e. The van der Waals surface area contributed by atoms with Gasteiger partial charge in [0, 0.05) is 44.2 Å². The van der Waals surface area contributed by atoms with E-state index in [-0.39, 0.29) is 5.41 Å². The maximum atomic E-state index is 6.20. The van der Waals surface area contributed by atoms with Crippen molar-refractivity contribution in [2.45, 2.75) is 26.2 Å². The highest BCUT2D eigenvalue weighted by Crippen LogP contribution is 2.51. The number of benzene rings is 8. The third kappa shape index (κ3) is 6.04. The van der Waals surface area contributed by atoms with Crippen LogP contribution in [0, 0.1) is 0 Å². The topological polar surface area (TPSA) is 21.3 Å². The maximum absolute atomic E-state index is 6.20. The van der Waals surface area contributed by atoms with E-state index < -0.39 is 0 Å². The quantitative estimate of drug-likeness (QED) is 0.143. The number of anilines is 3. The molecule has 0 unspecified atom stereocenters. The molecule has 3 nitrogen and oxygen atoms in total. The van der Waals surface area contributed by atoms with Gasteiger partial charge in [0.05, 0.1) is 16.7 Å². The van der Waals surface area contributed by atoms with Gasteiger partial charge in [0.15, 0.2) is 0 Å². The van der Waals surface area contributed by atoms with Crippen molar-refractivity contribution in [2.24, 2.45) is 0 Å². The molecule has 0 bridgehead atoms. The summed E-state index contributed by atoms with van der Waals surface area (Å²) in [5, 5.41) is 3.60. The van der Waals surface area contributed by atoms with Gasteiger partial charge in [0.2, 0.25) is 0 Å². The van der Waals surface area contributed by atoms with Crippen molar-refractivity contribution in [3.63, 3.8) is 0 Å². The molecule has 292 valence electrons.